The molecule has 0 heterocycles. The molecule has 0 amide bonds. The van der Waals surface area contributed by atoms with Crippen molar-refractivity contribution in [3.63, 3.8) is 0 Å². The van der Waals surface area contributed by atoms with E-state index in [9.17, 15) is 0 Å². The van der Waals surface area contributed by atoms with Gasteiger partial charge < -0.3 is 5.43 Å². The van der Waals surface area contributed by atoms with E-state index in [-0.39, 0.29) is 5.38 Å². The molecule has 1 N–H and O–H groups in total. The highest BCUT2D eigenvalue weighted by atomic mass is 35.5. The Morgan fingerprint density at radius 2 is 2.44 bits per heavy atom. The Kier molecular flexibility index (Phi) is 5.73. The standard InChI is InChI=1S/C6H13ClN2/c1-3-4-8-9-5-6(2)7/h5-6,8H,3-4H2,1-2H3/b9-5-. The normalized spacial score (nSPS) is 14.1. The predicted molar refractivity (Wildman–Crippen MR) is 42.1 cm³/mol. The van der Waals surface area contributed by atoms with Crippen molar-refractivity contribution in [2.75, 3.05) is 6.54 Å². The van der Waals surface area contributed by atoms with Gasteiger partial charge in [0.05, 0.1) is 5.38 Å². The zero-order valence-corrected chi connectivity index (χ0v) is 6.65. The van der Waals surface area contributed by atoms with Gasteiger partial charge in [0.2, 0.25) is 0 Å². The summed E-state index contributed by atoms with van der Waals surface area (Å²) in [5.41, 5.74) is 2.85. The summed E-state index contributed by atoms with van der Waals surface area (Å²) in [4.78, 5) is 0. The molecule has 2 nitrogen and oxygen atoms in total. The summed E-state index contributed by atoms with van der Waals surface area (Å²) in [6.45, 7) is 4.88. The Bertz CT molecular complexity index is 81.1. The predicted octanol–water partition coefficient (Wildman–Crippen LogP) is 1.60. The largest absolute Gasteiger partial charge is 0.310 e. The summed E-state index contributed by atoms with van der Waals surface area (Å²) >= 11 is 5.57. The lowest BCUT2D eigenvalue weighted by Gasteiger charge is -1.94. The molecule has 3 heteroatoms. The maximum atomic E-state index is 5.57. The minimum atomic E-state index is 0.0226. The Balaban J connectivity index is 3.04. The van der Waals surface area contributed by atoms with Gasteiger partial charge in [-0.15, -0.1) is 11.6 Å². The SMILES string of the molecule is CCCN/N=C\C(C)Cl. The molecule has 0 saturated carbocycles. The van der Waals surface area contributed by atoms with Gasteiger partial charge in [-0.25, -0.2) is 0 Å². The number of alkyl halides is 1. The van der Waals surface area contributed by atoms with Gasteiger partial charge >= 0.3 is 0 Å². The number of halogens is 1. The van der Waals surface area contributed by atoms with E-state index in [0.29, 0.717) is 0 Å². The zero-order chi connectivity index (χ0) is 7.11. The Labute approximate surface area is 61.3 Å². The van der Waals surface area contributed by atoms with Crippen LogP contribution in [0.1, 0.15) is 20.3 Å². The maximum Gasteiger partial charge on any atom is 0.0677 e. The van der Waals surface area contributed by atoms with Crippen LogP contribution in [0.15, 0.2) is 5.10 Å². The molecule has 0 aliphatic rings. The third-order valence-electron chi connectivity index (χ3n) is 0.733. The molecule has 0 aromatic rings. The fraction of sp³-hybridized carbons (Fsp3) is 0.833. The fourth-order valence-electron chi connectivity index (χ4n) is 0.332. The lowest BCUT2D eigenvalue weighted by Crippen LogP contribution is -2.07. The smallest absolute Gasteiger partial charge is 0.0677 e. The van der Waals surface area contributed by atoms with Crippen molar-refractivity contribution >= 4 is 17.8 Å². The van der Waals surface area contributed by atoms with Crippen LogP contribution in [0.2, 0.25) is 0 Å². The Morgan fingerprint density at radius 3 is 2.89 bits per heavy atom. The van der Waals surface area contributed by atoms with Crippen LogP contribution in [0.3, 0.4) is 0 Å². The van der Waals surface area contributed by atoms with E-state index >= 15 is 0 Å². The Hall–Kier alpha value is -0.240. The number of nitrogens with one attached hydrogen (secondary N) is 1. The topological polar surface area (TPSA) is 24.4 Å². The van der Waals surface area contributed by atoms with E-state index in [4.69, 9.17) is 11.6 Å². The molecule has 0 aromatic heterocycles. The summed E-state index contributed by atoms with van der Waals surface area (Å²) < 4.78 is 0. The molecule has 0 fully saturated rings. The van der Waals surface area contributed by atoms with Gasteiger partial charge in [-0.05, 0) is 13.3 Å². The van der Waals surface area contributed by atoms with E-state index in [0.717, 1.165) is 13.0 Å². The molecule has 0 bridgehead atoms. The van der Waals surface area contributed by atoms with Crippen molar-refractivity contribution < 1.29 is 0 Å². The summed E-state index contributed by atoms with van der Waals surface area (Å²) in [6, 6.07) is 0. The first-order valence-electron chi connectivity index (χ1n) is 3.17. The minimum absolute atomic E-state index is 0.0226. The first-order valence-corrected chi connectivity index (χ1v) is 3.61. The van der Waals surface area contributed by atoms with Gasteiger partial charge in [0.25, 0.3) is 0 Å². The zero-order valence-electron chi connectivity index (χ0n) is 5.89. The highest BCUT2D eigenvalue weighted by Gasteiger charge is 1.84. The molecule has 1 unspecified atom stereocenters. The molecule has 1 atom stereocenters. The quantitative estimate of drug-likeness (QED) is 0.279. The van der Waals surface area contributed by atoms with E-state index in [1.165, 1.54) is 0 Å². The van der Waals surface area contributed by atoms with Crippen molar-refractivity contribution in [3.8, 4) is 0 Å². The van der Waals surface area contributed by atoms with E-state index in [1.54, 1.807) is 6.21 Å². The number of hydrazone groups is 1. The molecule has 0 aliphatic carbocycles. The van der Waals surface area contributed by atoms with Crippen LogP contribution in [-0.2, 0) is 0 Å². The fourth-order valence-corrected chi connectivity index (χ4v) is 0.388. The second kappa shape index (κ2) is 5.89. The second-order valence-corrected chi connectivity index (χ2v) is 2.55. The summed E-state index contributed by atoms with van der Waals surface area (Å²) in [6.07, 6.45) is 2.77. The van der Waals surface area contributed by atoms with E-state index < -0.39 is 0 Å². The van der Waals surface area contributed by atoms with E-state index in [2.05, 4.69) is 17.5 Å². The van der Waals surface area contributed by atoms with Gasteiger partial charge in [-0.1, -0.05) is 6.92 Å². The van der Waals surface area contributed by atoms with Gasteiger partial charge in [-0.3, -0.25) is 0 Å². The van der Waals surface area contributed by atoms with Crippen molar-refractivity contribution in [2.24, 2.45) is 5.10 Å². The highest BCUT2D eigenvalue weighted by molar-refractivity contribution is 6.27. The molecule has 0 saturated heterocycles. The third-order valence-corrected chi connectivity index (χ3v) is 0.846. The first kappa shape index (κ1) is 8.76. The number of rotatable bonds is 4. The second-order valence-electron chi connectivity index (χ2n) is 1.86. The minimum Gasteiger partial charge on any atom is -0.310 e. The number of hydrogen-bond donors (Lipinski definition) is 1. The van der Waals surface area contributed by atoms with Crippen LogP contribution in [0, 0.1) is 0 Å². The number of nitrogens with zero attached hydrogens (tertiary/aromatic N) is 1. The van der Waals surface area contributed by atoms with Crippen molar-refractivity contribution in [1.29, 1.82) is 0 Å². The van der Waals surface area contributed by atoms with Crippen LogP contribution in [0.25, 0.3) is 0 Å². The average Bonchev–Trinajstić information content (AvgIpc) is 1.80. The van der Waals surface area contributed by atoms with Crippen LogP contribution in [-0.4, -0.2) is 18.1 Å². The van der Waals surface area contributed by atoms with Gasteiger partial charge in [0.1, 0.15) is 0 Å². The average molecular weight is 149 g/mol. The van der Waals surface area contributed by atoms with Crippen LogP contribution in [0.4, 0.5) is 0 Å². The first-order chi connectivity index (χ1) is 4.27. The molecule has 0 aromatic carbocycles. The molecule has 9 heavy (non-hydrogen) atoms. The van der Waals surface area contributed by atoms with Crippen molar-refractivity contribution in [2.45, 2.75) is 25.6 Å². The summed E-state index contributed by atoms with van der Waals surface area (Å²) in [5.74, 6) is 0. The van der Waals surface area contributed by atoms with Gasteiger partial charge in [0, 0.05) is 12.8 Å². The molecule has 0 radical (unpaired) electrons. The lowest BCUT2D eigenvalue weighted by atomic mass is 10.5. The van der Waals surface area contributed by atoms with Crippen molar-refractivity contribution in [1.82, 2.24) is 5.43 Å². The van der Waals surface area contributed by atoms with Gasteiger partial charge in [-0.2, -0.15) is 5.10 Å². The summed E-state index contributed by atoms with van der Waals surface area (Å²) in [7, 11) is 0. The van der Waals surface area contributed by atoms with Crippen LogP contribution >= 0.6 is 11.6 Å². The lowest BCUT2D eigenvalue weighted by molar-refractivity contribution is 0.717. The maximum absolute atomic E-state index is 5.57. The monoisotopic (exact) mass is 148 g/mol. The highest BCUT2D eigenvalue weighted by Crippen LogP contribution is 1.85. The molecular formula is C6H13ClN2. The number of hydrogen-bond acceptors (Lipinski definition) is 2. The van der Waals surface area contributed by atoms with Gasteiger partial charge in [0.15, 0.2) is 0 Å². The summed E-state index contributed by atoms with van der Waals surface area (Å²) in [5, 5.41) is 3.88. The molecular weight excluding hydrogens is 136 g/mol. The van der Waals surface area contributed by atoms with Crippen molar-refractivity contribution in [3.05, 3.63) is 0 Å². The molecule has 0 spiro atoms. The molecule has 0 rings (SSSR count). The van der Waals surface area contributed by atoms with Crippen LogP contribution < -0.4 is 5.43 Å². The third kappa shape index (κ3) is 7.76. The van der Waals surface area contributed by atoms with E-state index in [1.807, 2.05) is 6.92 Å². The van der Waals surface area contributed by atoms with Crippen LogP contribution in [0.5, 0.6) is 0 Å². The Morgan fingerprint density at radius 1 is 1.78 bits per heavy atom. The molecule has 54 valence electrons. The molecule has 0 aliphatic heterocycles.